The number of hydrogen-bond donors (Lipinski definition) is 0. The van der Waals surface area contributed by atoms with Crippen LogP contribution in [0.25, 0.3) is 11.5 Å². The summed E-state index contributed by atoms with van der Waals surface area (Å²) in [7, 11) is -3.43. The van der Waals surface area contributed by atoms with Crippen molar-refractivity contribution in [1.29, 1.82) is 0 Å². The first-order valence-corrected chi connectivity index (χ1v) is 9.81. The van der Waals surface area contributed by atoms with Gasteiger partial charge in [0, 0.05) is 24.6 Å². The van der Waals surface area contributed by atoms with Gasteiger partial charge in [0.25, 0.3) is 5.89 Å². The highest BCUT2D eigenvalue weighted by atomic mass is 32.2. The zero-order chi connectivity index (χ0) is 17.4. The fourth-order valence-corrected chi connectivity index (χ4v) is 4.17. The number of nitrogens with zero attached hydrogens (tertiary/aromatic N) is 5. The largest absolute Gasteiger partial charge is 0.334 e. The van der Waals surface area contributed by atoms with Crippen LogP contribution in [-0.2, 0) is 34.3 Å². The summed E-state index contributed by atoms with van der Waals surface area (Å²) < 4.78 is 31.9. The number of aryl methyl sites for hydroxylation is 3. The fraction of sp³-hybridized carbons (Fsp3) is 0.375. The van der Waals surface area contributed by atoms with E-state index in [1.807, 2.05) is 23.7 Å². The summed E-state index contributed by atoms with van der Waals surface area (Å²) in [6.07, 6.45) is 5.33. The maximum Gasteiger partial charge on any atom is 0.259 e. The number of rotatable bonds is 5. The highest BCUT2D eigenvalue weighted by Crippen LogP contribution is 2.20. The molecule has 0 saturated heterocycles. The lowest BCUT2D eigenvalue weighted by molar-refractivity contribution is 0.424. The van der Waals surface area contributed by atoms with E-state index >= 15 is 0 Å². The molecule has 0 spiro atoms. The first-order valence-electron chi connectivity index (χ1n) is 7.99. The highest BCUT2D eigenvalue weighted by molar-refractivity contribution is 7.89. The van der Waals surface area contributed by atoms with E-state index in [1.165, 1.54) is 0 Å². The average Bonchev–Trinajstić information content (AvgIpc) is 3.22. The van der Waals surface area contributed by atoms with E-state index in [4.69, 9.17) is 4.52 Å². The molecule has 8 nitrogen and oxygen atoms in total. The van der Waals surface area contributed by atoms with Gasteiger partial charge in [-0.05, 0) is 37.5 Å². The fourth-order valence-electron chi connectivity index (χ4n) is 2.97. The zero-order valence-electron chi connectivity index (χ0n) is 13.7. The Kier molecular flexibility index (Phi) is 3.87. The normalized spacial score (nSPS) is 14.0. The molecule has 0 saturated carbocycles. The first-order chi connectivity index (χ1) is 12.0. The molecule has 0 atom stereocenters. The van der Waals surface area contributed by atoms with Crippen LogP contribution in [0.4, 0.5) is 0 Å². The predicted molar refractivity (Wildman–Crippen MR) is 89.1 cm³/mol. The number of fused-ring (bicyclic) bond motifs is 1. The first kappa shape index (κ1) is 15.9. The summed E-state index contributed by atoms with van der Waals surface area (Å²) in [6.45, 7) is 2.76. The van der Waals surface area contributed by atoms with E-state index < -0.39 is 9.84 Å². The molecule has 0 radical (unpaired) electrons. The Morgan fingerprint density at radius 1 is 1.24 bits per heavy atom. The van der Waals surface area contributed by atoms with Crippen LogP contribution in [0.5, 0.6) is 0 Å². The van der Waals surface area contributed by atoms with Gasteiger partial charge >= 0.3 is 0 Å². The predicted octanol–water partition coefficient (Wildman–Crippen LogP) is 1.70. The maximum atomic E-state index is 12.4. The Balaban J connectivity index is 1.49. The molecule has 130 valence electrons. The number of pyridine rings is 1. The Morgan fingerprint density at radius 3 is 2.92 bits per heavy atom. The molecule has 4 rings (SSSR count). The van der Waals surface area contributed by atoms with E-state index in [0.717, 1.165) is 30.6 Å². The van der Waals surface area contributed by atoms with Crippen molar-refractivity contribution >= 4 is 9.84 Å². The Labute approximate surface area is 144 Å². The van der Waals surface area contributed by atoms with Gasteiger partial charge in [-0.3, -0.25) is 9.67 Å². The second kappa shape index (κ2) is 6.07. The van der Waals surface area contributed by atoms with Gasteiger partial charge in [-0.25, -0.2) is 8.42 Å². The summed E-state index contributed by atoms with van der Waals surface area (Å²) in [4.78, 5) is 8.24. The molecule has 0 amide bonds. The Morgan fingerprint density at radius 2 is 2.12 bits per heavy atom. The van der Waals surface area contributed by atoms with Crippen molar-refractivity contribution in [3.63, 3.8) is 0 Å². The highest BCUT2D eigenvalue weighted by Gasteiger charge is 2.22. The van der Waals surface area contributed by atoms with Crippen molar-refractivity contribution in [3.8, 4) is 11.5 Å². The van der Waals surface area contributed by atoms with E-state index in [9.17, 15) is 8.42 Å². The van der Waals surface area contributed by atoms with Gasteiger partial charge in [0.1, 0.15) is 5.75 Å². The van der Waals surface area contributed by atoms with Crippen molar-refractivity contribution in [2.45, 2.75) is 37.8 Å². The molecule has 0 N–H and O–H groups in total. The quantitative estimate of drug-likeness (QED) is 0.683. The van der Waals surface area contributed by atoms with Crippen molar-refractivity contribution < 1.29 is 12.9 Å². The van der Waals surface area contributed by atoms with Crippen LogP contribution in [0.2, 0.25) is 0 Å². The molecular formula is C16H17N5O3S. The van der Waals surface area contributed by atoms with E-state index in [1.54, 1.807) is 12.4 Å². The van der Waals surface area contributed by atoms with Crippen molar-refractivity contribution in [3.05, 3.63) is 47.3 Å². The van der Waals surface area contributed by atoms with Gasteiger partial charge in [-0.2, -0.15) is 10.1 Å². The summed E-state index contributed by atoms with van der Waals surface area (Å²) in [5.74, 6) is 0.00601. The number of hydrogen-bond acceptors (Lipinski definition) is 7. The van der Waals surface area contributed by atoms with Crippen molar-refractivity contribution in [2.75, 3.05) is 0 Å². The third-order valence-electron chi connectivity index (χ3n) is 4.02. The van der Waals surface area contributed by atoms with Gasteiger partial charge in [0.05, 0.1) is 17.0 Å². The molecule has 0 unspecified atom stereocenters. The molecule has 1 aliphatic rings. The standard InChI is InChI=1S/C16H17N5O3S/c1-11-5-12(8-17-7-11)16-18-15(20-24-16)10-25(22,23)9-13-6-14-3-2-4-21(14)19-13/h5-8H,2-4,9-10H2,1H3. The molecule has 0 aromatic carbocycles. The topological polar surface area (TPSA) is 104 Å². The van der Waals surface area contributed by atoms with Crippen LogP contribution >= 0.6 is 0 Å². The second-order valence-electron chi connectivity index (χ2n) is 6.25. The zero-order valence-corrected chi connectivity index (χ0v) is 14.5. The number of sulfone groups is 1. The third-order valence-corrected chi connectivity index (χ3v) is 5.46. The van der Waals surface area contributed by atoms with Gasteiger partial charge in [-0.1, -0.05) is 5.16 Å². The molecule has 9 heteroatoms. The van der Waals surface area contributed by atoms with Crippen molar-refractivity contribution in [1.82, 2.24) is 24.9 Å². The van der Waals surface area contributed by atoms with E-state index in [2.05, 4.69) is 20.2 Å². The van der Waals surface area contributed by atoms with Crippen molar-refractivity contribution in [2.24, 2.45) is 0 Å². The molecule has 3 aromatic rings. The van der Waals surface area contributed by atoms with Gasteiger partial charge < -0.3 is 4.52 Å². The summed E-state index contributed by atoms with van der Waals surface area (Å²) >= 11 is 0. The summed E-state index contributed by atoms with van der Waals surface area (Å²) in [6, 6.07) is 3.72. The minimum Gasteiger partial charge on any atom is -0.334 e. The summed E-state index contributed by atoms with van der Waals surface area (Å²) in [5.41, 5.74) is 3.29. The third kappa shape index (κ3) is 3.46. The molecular weight excluding hydrogens is 342 g/mol. The molecule has 0 bridgehead atoms. The lowest BCUT2D eigenvalue weighted by Crippen LogP contribution is -2.09. The molecule has 4 heterocycles. The molecule has 25 heavy (non-hydrogen) atoms. The van der Waals surface area contributed by atoms with Crippen LogP contribution in [0.3, 0.4) is 0 Å². The Bertz CT molecular complexity index is 1000. The SMILES string of the molecule is Cc1cncc(-c2nc(CS(=O)(=O)Cc3cc4n(n3)CCC4)no2)c1. The monoisotopic (exact) mass is 359 g/mol. The minimum absolute atomic E-state index is 0.122. The van der Waals surface area contributed by atoms with Crippen LogP contribution in [0.15, 0.2) is 29.0 Å². The van der Waals surface area contributed by atoms with Crippen LogP contribution in [0, 0.1) is 6.92 Å². The van der Waals surface area contributed by atoms with E-state index in [-0.39, 0.29) is 23.2 Å². The van der Waals surface area contributed by atoms with Gasteiger partial charge in [0.15, 0.2) is 15.7 Å². The summed E-state index contributed by atoms with van der Waals surface area (Å²) in [5, 5.41) is 8.13. The molecule has 1 aliphatic heterocycles. The average molecular weight is 359 g/mol. The van der Waals surface area contributed by atoms with Crippen LogP contribution in [0.1, 0.15) is 29.2 Å². The van der Waals surface area contributed by atoms with Crippen LogP contribution in [-0.4, -0.2) is 33.3 Å². The molecule has 0 aliphatic carbocycles. The number of aromatic nitrogens is 5. The maximum absolute atomic E-state index is 12.4. The molecule has 3 aromatic heterocycles. The lowest BCUT2D eigenvalue weighted by atomic mass is 10.2. The molecule has 0 fully saturated rings. The smallest absolute Gasteiger partial charge is 0.259 e. The second-order valence-corrected chi connectivity index (χ2v) is 8.32. The minimum atomic E-state index is -3.43. The van der Waals surface area contributed by atoms with E-state index in [0.29, 0.717) is 11.3 Å². The van der Waals surface area contributed by atoms with Crippen LogP contribution < -0.4 is 0 Å². The Hall–Kier alpha value is -2.55. The van der Waals surface area contributed by atoms with Gasteiger partial charge in [-0.15, -0.1) is 0 Å². The van der Waals surface area contributed by atoms with Gasteiger partial charge in [0.2, 0.25) is 0 Å². The lowest BCUT2D eigenvalue weighted by Gasteiger charge is -1.99.